The maximum atomic E-state index is 12.7. The topological polar surface area (TPSA) is 56.6 Å². The van der Waals surface area contributed by atoms with E-state index in [0.717, 1.165) is 24.2 Å². The number of ether oxygens (including phenoxy) is 2. The fourth-order valence-corrected chi connectivity index (χ4v) is 3.96. The molecule has 1 saturated carbocycles. The minimum atomic E-state index is 0.0732. The van der Waals surface area contributed by atoms with Gasteiger partial charge in [-0.15, -0.1) is 0 Å². The minimum Gasteiger partial charge on any atom is -0.373 e. The maximum Gasteiger partial charge on any atom is 0.249 e. The van der Waals surface area contributed by atoms with Crippen LogP contribution in [-0.4, -0.2) is 46.2 Å². The fourth-order valence-electron chi connectivity index (χ4n) is 3.96. The van der Waals surface area contributed by atoms with Crippen LogP contribution in [-0.2, 0) is 27.4 Å². The highest BCUT2D eigenvalue weighted by atomic mass is 16.5. The first-order valence-corrected chi connectivity index (χ1v) is 9.82. The van der Waals surface area contributed by atoms with Crippen molar-refractivity contribution < 1.29 is 14.3 Å². The summed E-state index contributed by atoms with van der Waals surface area (Å²) in [7, 11) is 0. The Kier molecular flexibility index (Phi) is 5.84. The number of hydrogen-bond acceptors (Lipinski definition) is 4. The Labute approximate surface area is 160 Å². The Balaban J connectivity index is 1.33. The molecule has 1 fully saturated rings. The van der Waals surface area contributed by atoms with E-state index in [2.05, 4.69) is 21.8 Å². The van der Waals surface area contributed by atoms with Gasteiger partial charge in [0, 0.05) is 24.6 Å². The van der Waals surface area contributed by atoms with Gasteiger partial charge < -0.3 is 18.9 Å². The lowest BCUT2D eigenvalue weighted by Crippen LogP contribution is -2.44. The molecule has 1 atom stereocenters. The van der Waals surface area contributed by atoms with Crippen LogP contribution in [0.3, 0.4) is 0 Å². The van der Waals surface area contributed by atoms with Gasteiger partial charge in [0.05, 0.1) is 37.6 Å². The largest absolute Gasteiger partial charge is 0.373 e. The monoisotopic (exact) mass is 369 g/mol. The van der Waals surface area contributed by atoms with Crippen molar-refractivity contribution in [2.75, 3.05) is 19.8 Å². The Morgan fingerprint density at radius 2 is 2.07 bits per heavy atom. The van der Waals surface area contributed by atoms with Gasteiger partial charge in [0.15, 0.2) is 0 Å². The number of nitrogens with zero attached hydrogens (tertiary/aromatic N) is 3. The van der Waals surface area contributed by atoms with Crippen molar-refractivity contribution in [2.24, 2.45) is 0 Å². The summed E-state index contributed by atoms with van der Waals surface area (Å²) in [4.78, 5) is 18.9. The van der Waals surface area contributed by atoms with E-state index < -0.39 is 0 Å². The molecule has 0 N–H and O–H groups in total. The van der Waals surface area contributed by atoms with Crippen molar-refractivity contribution in [2.45, 2.75) is 51.0 Å². The highest BCUT2D eigenvalue weighted by Gasteiger charge is 2.28. The number of amides is 1. The second-order valence-electron chi connectivity index (χ2n) is 7.39. The van der Waals surface area contributed by atoms with E-state index in [1.165, 1.54) is 12.8 Å². The number of fused-ring (bicyclic) bond motifs is 1. The van der Waals surface area contributed by atoms with Crippen LogP contribution >= 0.6 is 0 Å². The quantitative estimate of drug-likeness (QED) is 0.753. The van der Waals surface area contributed by atoms with E-state index >= 15 is 0 Å². The zero-order chi connectivity index (χ0) is 18.5. The lowest BCUT2D eigenvalue weighted by molar-refractivity contribution is -0.140. The molecule has 2 aromatic heterocycles. The summed E-state index contributed by atoms with van der Waals surface area (Å²) in [5.41, 5.74) is 2.06. The molecule has 1 aliphatic carbocycles. The lowest BCUT2D eigenvalue weighted by Gasteiger charge is -2.35. The Bertz CT molecular complexity index is 740. The predicted molar refractivity (Wildman–Crippen MR) is 101 cm³/mol. The standard InChI is InChI=1S/C21H27N3O3/c25-21(16-27-20-8-1-2-9-20)23-12-18-7-5-11-24(18)19(13-23)15-26-14-17-6-3-4-10-22-17/h3-7,10-11,19-20H,1-2,8-9,12-16H2/t19-/m1/s1. The molecule has 6 nitrogen and oxygen atoms in total. The molecule has 0 unspecified atom stereocenters. The molecule has 0 spiro atoms. The second-order valence-corrected chi connectivity index (χ2v) is 7.39. The Hall–Kier alpha value is -2.18. The zero-order valence-electron chi connectivity index (χ0n) is 15.6. The van der Waals surface area contributed by atoms with Gasteiger partial charge in [0.25, 0.3) is 0 Å². The first-order chi connectivity index (χ1) is 13.3. The van der Waals surface area contributed by atoms with Crippen molar-refractivity contribution >= 4 is 5.91 Å². The van der Waals surface area contributed by atoms with Gasteiger partial charge in [-0.25, -0.2) is 0 Å². The van der Waals surface area contributed by atoms with Crippen LogP contribution < -0.4 is 0 Å². The van der Waals surface area contributed by atoms with Crippen LogP contribution in [0.4, 0.5) is 0 Å². The molecule has 144 valence electrons. The fraction of sp³-hybridized carbons (Fsp3) is 0.524. The van der Waals surface area contributed by atoms with Crippen LogP contribution in [0.25, 0.3) is 0 Å². The Morgan fingerprint density at radius 3 is 2.89 bits per heavy atom. The molecular formula is C21H27N3O3. The number of rotatable bonds is 7. The average molecular weight is 369 g/mol. The van der Waals surface area contributed by atoms with E-state index in [0.29, 0.717) is 26.3 Å². The molecule has 1 amide bonds. The normalized spacial score (nSPS) is 20.0. The lowest BCUT2D eigenvalue weighted by atomic mass is 10.2. The Morgan fingerprint density at radius 1 is 1.19 bits per heavy atom. The molecule has 0 bridgehead atoms. The van der Waals surface area contributed by atoms with E-state index in [-0.39, 0.29) is 24.7 Å². The van der Waals surface area contributed by atoms with E-state index in [4.69, 9.17) is 9.47 Å². The number of carbonyl (C=O) groups excluding carboxylic acids is 1. The third-order valence-electron chi connectivity index (χ3n) is 5.43. The number of carbonyl (C=O) groups is 1. The van der Waals surface area contributed by atoms with Crippen LogP contribution in [0.1, 0.15) is 43.1 Å². The van der Waals surface area contributed by atoms with Gasteiger partial charge in [0.2, 0.25) is 5.91 Å². The predicted octanol–water partition coefficient (Wildman–Crippen LogP) is 2.94. The van der Waals surface area contributed by atoms with Gasteiger partial charge in [0.1, 0.15) is 6.61 Å². The maximum absolute atomic E-state index is 12.7. The van der Waals surface area contributed by atoms with Crippen molar-refractivity contribution in [1.29, 1.82) is 0 Å². The SMILES string of the molecule is O=C(COC1CCCC1)N1Cc2cccn2[C@@H](COCc2ccccn2)C1. The summed E-state index contributed by atoms with van der Waals surface area (Å²) >= 11 is 0. The van der Waals surface area contributed by atoms with Crippen molar-refractivity contribution in [3.63, 3.8) is 0 Å². The molecule has 2 aliphatic rings. The summed E-state index contributed by atoms with van der Waals surface area (Å²) in [6, 6.07) is 10.0. The first kappa shape index (κ1) is 18.2. The number of hydrogen-bond donors (Lipinski definition) is 0. The summed E-state index contributed by atoms with van der Waals surface area (Å²) in [6.07, 6.45) is 8.70. The van der Waals surface area contributed by atoms with Crippen molar-refractivity contribution in [3.8, 4) is 0 Å². The van der Waals surface area contributed by atoms with Crippen LogP contribution in [0.15, 0.2) is 42.7 Å². The molecule has 3 heterocycles. The molecule has 27 heavy (non-hydrogen) atoms. The molecule has 2 aromatic rings. The van der Waals surface area contributed by atoms with Crippen LogP contribution in [0.2, 0.25) is 0 Å². The molecule has 0 aromatic carbocycles. The van der Waals surface area contributed by atoms with Gasteiger partial charge in [-0.3, -0.25) is 9.78 Å². The van der Waals surface area contributed by atoms with Crippen LogP contribution in [0, 0.1) is 0 Å². The molecule has 0 saturated heterocycles. The smallest absolute Gasteiger partial charge is 0.249 e. The van der Waals surface area contributed by atoms with E-state index in [1.54, 1.807) is 6.20 Å². The molecule has 0 radical (unpaired) electrons. The van der Waals surface area contributed by atoms with Crippen molar-refractivity contribution in [3.05, 3.63) is 54.1 Å². The van der Waals surface area contributed by atoms with Crippen LogP contribution in [0.5, 0.6) is 0 Å². The molecule has 6 heteroatoms. The summed E-state index contributed by atoms with van der Waals surface area (Å²) in [5, 5.41) is 0. The van der Waals surface area contributed by atoms with Gasteiger partial charge in [-0.1, -0.05) is 18.9 Å². The number of aromatic nitrogens is 2. The van der Waals surface area contributed by atoms with Gasteiger partial charge in [-0.05, 0) is 37.1 Å². The summed E-state index contributed by atoms with van der Waals surface area (Å²) < 4.78 is 13.9. The minimum absolute atomic E-state index is 0.0732. The third-order valence-corrected chi connectivity index (χ3v) is 5.43. The second kappa shape index (κ2) is 8.67. The number of pyridine rings is 1. The zero-order valence-corrected chi connectivity index (χ0v) is 15.6. The first-order valence-electron chi connectivity index (χ1n) is 9.82. The highest BCUT2D eigenvalue weighted by Crippen LogP contribution is 2.24. The highest BCUT2D eigenvalue weighted by molar-refractivity contribution is 5.77. The molecular weight excluding hydrogens is 342 g/mol. The van der Waals surface area contributed by atoms with Gasteiger partial charge >= 0.3 is 0 Å². The average Bonchev–Trinajstić information content (AvgIpc) is 3.38. The summed E-state index contributed by atoms with van der Waals surface area (Å²) in [6.45, 7) is 2.50. The molecule has 4 rings (SSSR count). The van der Waals surface area contributed by atoms with Crippen molar-refractivity contribution in [1.82, 2.24) is 14.5 Å². The van der Waals surface area contributed by atoms with Gasteiger partial charge in [-0.2, -0.15) is 0 Å². The van der Waals surface area contributed by atoms with E-state index in [9.17, 15) is 4.79 Å². The van der Waals surface area contributed by atoms with E-state index in [1.807, 2.05) is 29.2 Å². The third kappa shape index (κ3) is 4.57. The summed E-state index contributed by atoms with van der Waals surface area (Å²) in [5.74, 6) is 0.0732. The molecule has 1 aliphatic heterocycles.